The fourth-order valence-corrected chi connectivity index (χ4v) is 4.82. The lowest BCUT2D eigenvalue weighted by Crippen LogP contribution is -2.50. The minimum atomic E-state index is -0.635. The Morgan fingerprint density at radius 2 is 1.59 bits per heavy atom. The van der Waals surface area contributed by atoms with Crippen LogP contribution in [-0.4, -0.2) is 36.3 Å². The number of halogens is 4. The molecule has 2 aliphatic rings. The van der Waals surface area contributed by atoms with Crippen LogP contribution in [0.1, 0.15) is 38.2 Å². The van der Waals surface area contributed by atoms with Crippen LogP contribution in [0.5, 0.6) is 0 Å². The predicted molar refractivity (Wildman–Crippen MR) is 135 cm³/mol. The first kappa shape index (κ1) is 25.1. The number of hydrazine groups is 1. The molecule has 0 aromatic heterocycles. The van der Waals surface area contributed by atoms with Gasteiger partial charge in [-0.2, -0.15) is 5.10 Å². The van der Waals surface area contributed by atoms with E-state index in [9.17, 15) is 4.79 Å². The number of carbonyl (C=O) groups excluding carboxylic acids is 1. The number of anilines is 1. The summed E-state index contributed by atoms with van der Waals surface area (Å²) >= 11 is 18.6. The first-order valence-electron chi connectivity index (χ1n) is 10.5. The van der Waals surface area contributed by atoms with Gasteiger partial charge < -0.3 is 0 Å². The van der Waals surface area contributed by atoms with Crippen molar-refractivity contribution in [3.8, 4) is 0 Å². The third-order valence-electron chi connectivity index (χ3n) is 5.96. The Balaban J connectivity index is 0.00000289. The van der Waals surface area contributed by atoms with Gasteiger partial charge in [0.15, 0.2) is 0 Å². The van der Waals surface area contributed by atoms with Crippen LogP contribution in [0, 0.1) is 0 Å². The minimum absolute atomic E-state index is 0. The molecule has 1 fully saturated rings. The van der Waals surface area contributed by atoms with E-state index >= 15 is 0 Å². The van der Waals surface area contributed by atoms with Crippen molar-refractivity contribution < 1.29 is 4.79 Å². The van der Waals surface area contributed by atoms with Gasteiger partial charge in [-0.1, -0.05) is 59.8 Å². The summed E-state index contributed by atoms with van der Waals surface area (Å²) in [6.07, 6.45) is 4.54. The summed E-state index contributed by atoms with van der Waals surface area (Å²) < 4.78 is 0. The summed E-state index contributed by atoms with van der Waals surface area (Å²) in [6, 6.07) is 12.9. The first-order chi connectivity index (χ1) is 14.9. The lowest BCUT2D eigenvalue weighted by molar-refractivity contribution is -0.119. The van der Waals surface area contributed by atoms with Crippen molar-refractivity contribution in [1.82, 2.24) is 10.4 Å². The van der Waals surface area contributed by atoms with Gasteiger partial charge >= 0.3 is 0 Å². The van der Waals surface area contributed by atoms with Gasteiger partial charge in [0.05, 0.1) is 22.7 Å². The van der Waals surface area contributed by atoms with E-state index in [0.29, 0.717) is 33.0 Å². The Morgan fingerprint density at radius 1 is 0.969 bits per heavy atom. The molecule has 0 radical (unpaired) electrons. The molecule has 1 unspecified atom stereocenters. The molecule has 1 N–H and O–H groups in total. The minimum Gasteiger partial charge on any atom is -0.284 e. The molecule has 1 atom stereocenters. The second kappa shape index (κ2) is 10.6. The molecular weight excluding hydrogens is 490 g/mol. The summed E-state index contributed by atoms with van der Waals surface area (Å²) in [6.45, 7) is 4.20. The van der Waals surface area contributed by atoms with Crippen LogP contribution >= 0.6 is 47.2 Å². The monoisotopic (exact) mass is 514 g/mol. The molecule has 0 saturated carbocycles. The smallest absolute Gasteiger partial charge is 0.282 e. The maximum Gasteiger partial charge on any atom is 0.282 e. The van der Waals surface area contributed by atoms with Crippen LogP contribution in [0.4, 0.5) is 5.69 Å². The lowest BCUT2D eigenvalue weighted by Gasteiger charge is -2.28. The van der Waals surface area contributed by atoms with Crippen LogP contribution < -0.4 is 10.4 Å². The van der Waals surface area contributed by atoms with Crippen LogP contribution in [0.15, 0.2) is 47.6 Å². The van der Waals surface area contributed by atoms with E-state index in [4.69, 9.17) is 39.9 Å². The SMILES string of the molecule is CC1(c2ccc(Cl)cc2)CN(c2ccc(Cl)cc2Cl)N=C1C(=O)NN1CCCCCC1.Cl. The lowest BCUT2D eigenvalue weighted by atomic mass is 9.78. The highest BCUT2D eigenvalue weighted by Crippen LogP contribution is 2.38. The highest BCUT2D eigenvalue weighted by atomic mass is 35.5. The Bertz CT molecular complexity index is 990. The zero-order valence-electron chi connectivity index (χ0n) is 17.8. The van der Waals surface area contributed by atoms with E-state index in [2.05, 4.69) is 5.43 Å². The number of carbonyl (C=O) groups is 1. The van der Waals surface area contributed by atoms with E-state index in [1.807, 2.05) is 42.3 Å². The molecule has 5 nitrogen and oxygen atoms in total. The van der Waals surface area contributed by atoms with Crippen LogP contribution in [-0.2, 0) is 10.2 Å². The molecule has 9 heteroatoms. The summed E-state index contributed by atoms with van der Waals surface area (Å²) in [7, 11) is 0. The van der Waals surface area contributed by atoms with Gasteiger partial charge in [-0.3, -0.25) is 15.2 Å². The molecular formula is C23H26Cl4N4O. The number of benzene rings is 2. The Morgan fingerprint density at radius 3 is 2.22 bits per heavy atom. The number of nitrogens with one attached hydrogen (secondary N) is 1. The van der Waals surface area contributed by atoms with Gasteiger partial charge in [-0.25, -0.2) is 5.01 Å². The Kier molecular flexibility index (Phi) is 8.34. The zero-order valence-corrected chi connectivity index (χ0v) is 20.9. The largest absolute Gasteiger partial charge is 0.284 e. The van der Waals surface area contributed by atoms with Gasteiger partial charge in [0.25, 0.3) is 5.91 Å². The zero-order chi connectivity index (χ0) is 22.0. The van der Waals surface area contributed by atoms with Crippen LogP contribution in [0.25, 0.3) is 0 Å². The molecule has 4 rings (SSSR count). The summed E-state index contributed by atoms with van der Waals surface area (Å²) in [5.41, 5.74) is 4.58. The molecule has 0 spiro atoms. The second-order valence-electron chi connectivity index (χ2n) is 8.28. The fraction of sp³-hybridized carbons (Fsp3) is 0.391. The van der Waals surface area contributed by atoms with Crippen molar-refractivity contribution in [2.75, 3.05) is 24.6 Å². The van der Waals surface area contributed by atoms with E-state index in [0.717, 1.165) is 31.5 Å². The van der Waals surface area contributed by atoms with Crippen molar-refractivity contribution in [2.24, 2.45) is 5.10 Å². The quantitative estimate of drug-likeness (QED) is 0.534. The van der Waals surface area contributed by atoms with E-state index in [1.54, 1.807) is 17.1 Å². The van der Waals surface area contributed by atoms with Gasteiger partial charge in [0, 0.05) is 23.1 Å². The average molecular weight is 516 g/mol. The van der Waals surface area contributed by atoms with Crippen molar-refractivity contribution in [2.45, 2.75) is 38.0 Å². The second-order valence-corrected chi connectivity index (χ2v) is 9.56. The summed E-state index contributed by atoms with van der Waals surface area (Å²) in [5.74, 6) is -0.188. The number of rotatable bonds is 4. The molecule has 2 aliphatic heterocycles. The molecule has 32 heavy (non-hydrogen) atoms. The van der Waals surface area contributed by atoms with E-state index in [1.165, 1.54) is 12.8 Å². The maximum atomic E-state index is 13.4. The molecule has 172 valence electrons. The normalized spacial score (nSPS) is 21.5. The summed E-state index contributed by atoms with van der Waals surface area (Å²) in [5, 5.41) is 10.2. The predicted octanol–water partition coefficient (Wildman–Crippen LogP) is 6.11. The molecule has 2 heterocycles. The molecule has 0 aliphatic carbocycles. The van der Waals surface area contributed by atoms with Crippen molar-refractivity contribution >= 4 is 64.5 Å². The average Bonchev–Trinajstić information content (AvgIpc) is 2.90. The number of nitrogens with zero attached hydrogens (tertiary/aromatic N) is 3. The van der Waals surface area contributed by atoms with Crippen LogP contribution in [0.2, 0.25) is 15.1 Å². The molecule has 1 amide bonds. The van der Waals surface area contributed by atoms with Gasteiger partial charge in [0.2, 0.25) is 0 Å². The van der Waals surface area contributed by atoms with Gasteiger partial charge in [-0.15, -0.1) is 12.4 Å². The number of hydrogen-bond donors (Lipinski definition) is 1. The first-order valence-corrected chi connectivity index (χ1v) is 11.6. The molecule has 2 aromatic rings. The maximum absolute atomic E-state index is 13.4. The van der Waals surface area contributed by atoms with Crippen molar-refractivity contribution in [1.29, 1.82) is 0 Å². The third-order valence-corrected chi connectivity index (χ3v) is 6.75. The van der Waals surface area contributed by atoms with E-state index < -0.39 is 5.41 Å². The van der Waals surface area contributed by atoms with Gasteiger partial charge in [-0.05, 0) is 55.7 Å². The number of amides is 1. The molecule has 0 bridgehead atoms. The molecule has 2 aromatic carbocycles. The number of hydrogen-bond acceptors (Lipinski definition) is 4. The van der Waals surface area contributed by atoms with Crippen LogP contribution in [0.3, 0.4) is 0 Å². The standard InChI is InChI=1S/C23H25Cl3N4O.ClH/c1-23(16-6-8-17(24)9-7-16)15-30(20-11-10-18(25)14-19(20)26)27-21(23)22(31)28-29-12-4-2-3-5-13-29;/h6-11,14H,2-5,12-13,15H2,1H3,(H,28,31);1H. The van der Waals surface area contributed by atoms with E-state index in [-0.39, 0.29) is 18.3 Å². The Hall–Kier alpha value is -1.50. The summed E-state index contributed by atoms with van der Waals surface area (Å²) in [4.78, 5) is 13.4. The molecule has 1 saturated heterocycles. The van der Waals surface area contributed by atoms with Gasteiger partial charge in [0.1, 0.15) is 5.71 Å². The van der Waals surface area contributed by atoms with Crippen molar-refractivity contribution in [3.05, 3.63) is 63.1 Å². The topological polar surface area (TPSA) is 47.9 Å². The number of hydrazone groups is 1. The Labute approximate surface area is 210 Å². The highest BCUT2D eigenvalue weighted by molar-refractivity contribution is 6.43. The third kappa shape index (κ3) is 5.35. The van der Waals surface area contributed by atoms with Crippen molar-refractivity contribution in [3.63, 3.8) is 0 Å². The highest BCUT2D eigenvalue weighted by Gasteiger charge is 2.45. The fourth-order valence-electron chi connectivity index (χ4n) is 4.19.